The molecule has 2 heterocycles. The molecular weight excluding hydrogens is 539 g/mol. The average molecular weight is 558 g/mol. The largest absolute Gasteiger partial charge is 0.573 e. The third kappa shape index (κ3) is 6.27. The summed E-state index contributed by atoms with van der Waals surface area (Å²) in [6.45, 7) is 1.87. The van der Waals surface area contributed by atoms with Crippen molar-refractivity contribution in [3.63, 3.8) is 0 Å². The van der Waals surface area contributed by atoms with E-state index in [0.717, 1.165) is 11.1 Å². The minimum atomic E-state index is -4.76. The number of hydrogen-bond acceptors (Lipinski definition) is 9. The number of nitrogens with one attached hydrogen (secondary N) is 2. The Labute approximate surface area is 224 Å². The van der Waals surface area contributed by atoms with Crippen LogP contribution in [0.2, 0.25) is 5.02 Å². The number of rotatable bonds is 8. The second-order valence-electron chi connectivity index (χ2n) is 8.24. The zero-order chi connectivity index (χ0) is 27.6. The Hall–Kier alpha value is -4.62. The maximum absolute atomic E-state index is 12.4. The summed E-state index contributed by atoms with van der Waals surface area (Å²) < 4.78 is 47.2. The average Bonchev–Trinajstić information content (AvgIpc) is 3.54. The molecule has 0 saturated carbocycles. The first-order valence-electron chi connectivity index (χ1n) is 11.3. The summed E-state index contributed by atoms with van der Waals surface area (Å²) in [5, 5.41) is 28.9. The van der Waals surface area contributed by atoms with Crippen LogP contribution in [0.4, 0.5) is 24.7 Å². The predicted octanol–water partition coefficient (Wildman–Crippen LogP) is 5.64. The van der Waals surface area contributed by atoms with Crippen molar-refractivity contribution in [1.29, 1.82) is 0 Å². The normalized spacial score (nSPS) is 12.3. The first-order chi connectivity index (χ1) is 18.6. The molecule has 0 aliphatic rings. The molecule has 3 aromatic carbocycles. The number of anilines is 2. The number of halogens is 4. The smallest absolute Gasteiger partial charge is 0.406 e. The van der Waals surface area contributed by atoms with Crippen molar-refractivity contribution in [2.24, 2.45) is 0 Å². The molecule has 1 unspecified atom stereocenters. The molecule has 5 rings (SSSR count). The van der Waals surface area contributed by atoms with E-state index in [1.807, 2.05) is 6.92 Å². The summed E-state index contributed by atoms with van der Waals surface area (Å²) in [5.74, 6) is 0.305. The van der Waals surface area contributed by atoms with E-state index in [-0.39, 0.29) is 11.6 Å². The van der Waals surface area contributed by atoms with E-state index >= 15 is 0 Å². The van der Waals surface area contributed by atoms with Gasteiger partial charge in [-0.3, -0.25) is 0 Å². The van der Waals surface area contributed by atoms with Crippen molar-refractivity contribution in [1.82, 2.24) is 25.1 Å². The first-order valence-corrected chi connectivity index (χ1v) is 11.7. The lowest BCUT2D eigenvalue weighted by molar-refractivity contribution is -0.274. The van der Waals surface area contributed by atoms with Gasteiger partial charge in [-0.05, 0) is 83.5 Å². The Kier molecular flexibility index (Phi) is 7.09. The molecule has 0 aliphatic heterocycles. The molecule has 5 aromatic rings. The third-order valence-electron chi connectivity index (χ3n) is 5.48. The fraction of sp³-hybridized carbons (Fsp3) is 0.120. The van der Waals surface area contributed by atoms with Crippen LogP contribution in [0.25, 0.3) is 28.3 Å². The molecule has 14 heteroatoms. The summed E-state index contributed by atoms with van der Waals surface area (Å²) in [6.07, 6.45) is -4.54. The van der Waals surface area contributed by atoms with Crippen molar-refractivity contribution in [2.75, 3.05) is 10.6 Å². The van der Waals surface area contributed by atoms with Gasteiger partial charge in [-0.1, -0.05) is 17.7 Å². The molecule has 0 saturated heterocycles. The number of hydrogen-bond donors (Lipinski definition) is 3. The number of aryl methyl sites for hydroxylation is 1. The quantitative estimate of drug-likeness (QED) is 0.208. The predicted molar refractivity (Wildman–Crippen MR) is 136 cm³/mol. The van der Waals surface area contributed by atoms with Crippen LogP contribution in [0.5, 0.6) is 5.75 Å². The molecule has 39 heavy (non-hydrogen) atoms. The van der Waals surface area contributed by atoms with Gasteiger partial charge in [0.05, 0.1) is 5.69 Å². The Balaban J connectivity index is 1.22. The number of aliphatic hydroxyl groups is 1. The molecule has 0 aliphatic carbocycles. The number of aromatic nitrogens is 5. The number of benzene rings is 3. The lowest BCUT2D eigenvalue weighted by Crippen LogP contribution is -2.28. The standard InChI is InChI=1S/C25H19ClF3N7O3/c1-14-12-16(26)4-11-20(14)21-23(35-39-34-21)32-24(37)31-17-5-2-15(3-6-17)22-30-13-36(33-22)18-7-9-19(10-8-18)38-25(27,28)29/h2-13,24,31,37H,1H3,(H,32,35). The molecule has 1 atom stereocenters. The zero-order valence-electron chi connectivity index (χ0n) is 20.0. The van der Waals surface area contributed by atoms with Gasteiger partial charge in [0.1, 0.15) is 12.1 Å². The topological polar surface area (TPSA) is 123 Å². The highest BCUT2D eigenvalue weighted by Crippen LogP contribution is 2.30. The lowest BCUT2D eigenvalue weighted by Gasteiger charge is -2.16. The fourth-order valence-electron chi connectivity index (χ4n) is 3.71. The van der Waals surface area contributed by atoms with Gasteiger partial charge in [0.2, 0.25) is 12.2 Å². The van der Waals surface area contributed by atoms with Crippen molar-refractivity contribution in [2.45, 2.75) is 19.6 Å². The van der Waals surface area contributed by atoms with Crippen LogP contribution in [0, 0.1) is 6.92 Å². The SMILES string of the molecule is Cc1cc(Cl)ccc1-c1nonc1NC(O)Nc1ccc(-c2ncn(-c3ccc(OC(F)(F)F)cc3)n2)cc1. The molecule has 10 nitrogen and oxygen atoms in total. The van der Waals surface area contributed by atoms with Gasteiger partial charge in [0.15, 0.2) is 11.5 Å². The minimum Gasteiger partial charge on any atom is -0.406 e. The maximum Gasteiger partial charge on any atom is 0.573 e. The number of nitrogens with zero attached hydrogens (tertiary/aromatic N) is 5. The van der Waals surface area contributed by atoms with Crippen LogP contribution in [0.15, 0.2) is 77.7 Å². The van der Waals surface area contributed by atoms with Crippen LogP contribution < -0.4 is 15.4 Å². The van der Waals surface area contributed by atoms with Crippen LogP contribution >= 0.6 is 11.6 Å². The van der Waals surface area contributed by atoms with E-state index in [9.17, 15) is 18.3 Å². The van der Waals surface area contributed by atoms with Gasteiger partial charge < -0.3 is 20.5 Å². The summed E-state index contributed by atoms with van der Waals surface area (Å²) >= 11 is 6.03. The Bertz CT molecular complexity index is 1570. The van der Waals surface area contributed by atoms with Gasteiger partial charge in [-0.2, -0.15) is 0 Å². The second kappa shape index (κ2) is 10.6. The molecular formula is C25H19ClF3N7O3. The lowest BCUT2D eigenvalue weighted by atomic mass is 10.1. The van der Waals surface area contributed by atoms with Crippen molar-refractivity contribution >= 4 is 23.1 Å². The second-order valence-corrected chi connectivity index (χ2v) is 8.68. The molecule has 0 bridgehead atoms. The van der Waals surface area contributed by atoms with E-state index in [4.69, 9.17) is 16.2 Å². The van der Waals surface area contributed by atoms with Crippen LogP contribution in [-0.2, 0) is 0 Å². The molecule has 200 valence electrons. The Morgan fingerprint density at radius 2 is 1.74 bits per heavy atom. The van der Waals surface area contributed by atoms with Gasteiger partial charge in [0, 0.05) is 21.8 Å². The van der Waals surface area contributed by atoms with Crippen LogP contribution in [0.3, 0.4) is 0 Å². The minimum absolute atomic E-state index is 0.241. The molecule has 0 spiro atoms. The zero-order valence-corrected chi connectivity index (χ0v) is 20.8. The van der Waals surface area contributed by atoms with E-state index in [2.05, 4.69) is 35.8 Å². The summed E-state index contributed by atoms with van der Waals surface area (Å²) in [6, 6.07) is 17.5. The van der Waals surface area contributed by atoms with E-state index < -0.39 is 12.7 Å². The molecule has 0 fully saturated rings. The Morgan fingerprint density at radius 1 is 1.00 bits per heavy atom. The van der Waals surface area contributed by atoms with E-state index in [1.165, 1.54) is 35.3 Å². The van der Waals surface area contributed by atoms with Crippen molar-refractivity contribution in [3.05, 3.63) is 83.6 Å². The van der Waals surface area contributed by atoms with Gasteiger partial charge in [0.25, 0.3) is 0 Å². The van der Waals surface area contributed by atoms with Gasteiger partial charge in [-0.25, -0.2) is 14.3 Å². The number of ether oxygens (including phenoxy) is 1. The van der Waals surface area contributed by atoms with E-state index in [1.54, 1.807) is 42.5 Å². The van der Waals surface area contributed by atoms with Gasteiger partial charge in [-0.15, -0.1) is 18.3 Å². The van der Waals surface area contributed by atoms with Crippen molar-refractivity contribution < 1.29 is 27.6 Å². The number of alkyl halides is 3. The summed E-state index contributed by atoms with van der Waals surface area (Å²) in [4.78, 5) is 4.26. The highest BCUT2D eigenvalue weighted by molar-refractivity contribution is 6.30. The fourth-order valence-corrected chi connectivity index (χ4v) is 3.94. The van der Waals surface area contributed by atoms with Crippen LogP contribution in [-0.4, -0.2) is 42.9 Å². The van der Waals surface area contributed by atoms with E-state index in [0.29, 0.717) is 33.5 Å². The highest BCUT2D eigenvalue weighted by Gasteiger charge is 2.31. The molecule has 0 radical (unpaired) electrons. The van der Waals surface area contributed by atoms with Crippen LogP contribution in [0.1, 0.15) is 5.56 Å². The highest BCUT2D eigenvalue weighted by atomic mass is 35.5. The molecule has 0 amide bonds. The monoisotopic (exact) mass is 557 g/mol. The number of aliphatic hydroxyl groups excluding tert-OH is 1. The Morgan fingerprint density at radius 3 is 2.44 bits per heavy atom. The van der Waals surface area contributed by atoms with Gasteiger partial charge >= 0.3 is 6.36 Å². The van der Waals surface area contributed by atoms with Crippen molar-refractivity contribution in [3.8, 4) is 34.1 Å². The summed E-state index contributed by atoms with van der Waals surface area (Å²) in [5.41, 5.74) is 3.80. The maximum atomic E-state index is 12.4. The summed E-state index contributed by atoms with van der Waals surface area (Å²) in [7, 11) is 0. The first kappa shape index (κ1) is 26.0. The molecule has 3 N–H and O–H groups in total. The third-order valence-corrected chi connectivity index (χ3v) is 5.71. The molecule has 2 aromatic heterocycles.